The number of hydrogen-bond donors (Lipinski definition) is 2. The summed E-state index contributed by atoms with van der Waals surface area (Å²) in [5.74, 6) is -0.543. The van der Waals surface area contributed by atoms with Crippen LogP contribution in [0.1, 0.15) is 68.1 Å². The fourth-order valence-corrected chi connectivity index (χ4v) is 4.49. The van der Waals surface area contributed by atoms with Gasteiger partial charge in [-0.2, -0.15) is 0 Å². The van der Waals surface area contributed by atoms with Crippen molar-refractivity contribution in [1.82, 2.24) is 0 Å². The third-order valence-electron chi connectivity index (χ3n) is 5.67. The number of rotatable bonds is 3. The minimum Gasteiger partial charge on any atom is -0.389 e. The molecule has 2 atom stereocenters. The molecular weight excluding hydrogens is 276 g/mol. The van der Waals surface area contributed by atoms with E-state index in [-0.39, 0.29) is 11.7 Å². The van der Waals surface area contributed by atoms with E-state index in [0.717, 1.165) is 38.5 Å². The van der Waals surface area contributed by atoms with Crippen molar-refractivity contribution in [3.8, 4) is 0 Å². The van der Waals surface area contributed by atoms with Gasteiger partial charge in [-0.3, -0.25) is 4.79 Å². The highest BCUT2D eigenvalue weighted by Crippen LogP contribution is 2.47. The van der Waals surface area contributed by atoms with Crippen LogP contribution < -0.4 is 0 Å². The Balaban J connectivity index is 1.92. The summed E-state index contributed by atoms with van der Waals surface area (Å²) in [6.07, 6.45) is 7.58. The molecule has 3 heteroatoms. The van der Waals surface area contributed by atoms with E-state index in [0.29, 0.717) is 24.8 Å². The third kappa shape index (κ3) is 2.72. The second-order valence-corrected chi connectivity index (χ2v) is 7.08. The summed E-state index contributed by atoms with van der Waals surface area (Å²) in [4.78, 5) is 13.0. The SMILES string of the molecule is O=C(c1ccccc1)C1(O)CCCCC1C1(O)CCCCC1. The van der Waals surface area contributed by atoms with E-state index in [1.54, 1.807) is 12.1 Å². The average molecular weight is 302 g/mol. The highest BCUT2D eigenvalue weighted by Gasteiger charge is 2.54. The Morgan fingerprint density at radius 3 is 2.23 bits per heavy atom. The van der Waals surface area contributed by atoms with Gasteiger partial charge in [0.1, 0.15) is 5.60 Å². The van der Waals surface area contributed by atoms with Gasteiger partial charge in [-0.1, -0.05) is 62.4 Å². The maximum Gasteiger partial charge on any atom is 0.194 e. The van der Waals surface area contributed by atoms with Gasteiger partial charge >= 0.3 is 0 Å². The number of ketones is 1. The molecule has 0 saturated heterocycles. The fraction of sp³-hybridized carbons (Fsp3) is 0.632. The highest BCUT2D eigenvalue weighted by molar-refractivity contribution is 6.02. The van der Waals surface area contributed by atoms with E-state index in [1.807, 2.05) is 18.2 Å². The predicted molar refractivity (Wildman–Crippen MR) is 85.7 cm³/mol. The highest BCUT2D eigenvalue weighted by atomic mass is 16.3. The van der Waals surface area contributed by atoms with Crippen molar-refractivity contribution in [2.45, 2.75) is 69.0 Å². The first-order chi connectivity index (χ1) is 10.6. The van der Waals surface area contributed by atoms with Crippen LogP contribution in [0.5, 0.6) is 0 Å². The van der Waals surface area contributed by atoms with Crippen LogP contribution in [0, 0.1) is 5.92 Å². The first kappa shape index (κ1) is 15.7. The zero-order valence-electron chi connectivity index (χ0n) is 13.1. The average Bonchev–Trinajstić information content (AvgIpc) is 2.56. The van der Waals surface area contributed by atoms with Gasteiger partial charge in [-0.15, -0.1) is 0 Å². The fourth-order valence-electron chi connectivity index (χ4n) is 4.49. The van der Waals surface area contributed by atoms with Gasteiger partial charge in [0.25, 0.3) is 0 Å². The maximum absolute atomic E-state index is 13.0. The summed E-state index contributed by atoms with van der Waals surface area (Å²) < 4.78 is 0. The Hall–Kier alpha value is -1.19. The predicted octanol–water partition coefficient (Wildman–Crippen LogP) is 3.49. The van der Waals surface area contributed by atoms with E-state index in [2.05, 4.69) is 0 Å². The Morgan fingerprint density at radius 1 is 0.909 bits per heavy atom. The summed E-state index contributed by atoms with van der Waals surface area (Å²) >= 11 is 0. The lowest BCUT2D eigenvalue weighted by molar-refractivity contribution is -0.138. The molecule has 2 saturated carbocycles. The molecule has 120 valence electrons. The molecule has 0 bridgehead atoms. The Kier molecular flexibility index (Phi) is 4.37. The molecule has 0 aromatic heterocycles. The lowest BCUT2D eigenvalue weighted by Crippen LogP contribution is -2.58. The van der Waals surface area contributed by atoms with Gasteiger partial charge in [0.05, 0.1) is 5.60 Å². The molecule has 2 aliphatic carbocycles. The van der Waals surface area contributed by atoms with Gasteiger partial charge < -0.3 is 10.2 Å². The number of carbonyl (C=O) groups is 1. The zero-order chi connectivity index (χ0) is 15.6. The minimum absolute atomic E-state index is 0.211. The van der Waals surface area contributed by atoms with Crippen molar-refractivity contribution in [2.24, 2.45) is 5.92 Å². The number of hydrogen-bond acceptors (Lipinski definition) is 3. The van der Waals surface area contributed by atoms with E-state index in [9.17, 15) is 15.0 Å². The van der Waals surface area contributed by atoms with Crippen LogP contribution in [-0.2, 0) is 0 Å². The normalized spacial score (nSPS) is 31.6. The number of Topliss-reactive ketones (excluding diaryl/α,β-unsaturated/α-hetero) is 1. The monoisotopic (exact) mass is 302 g/mol. The lowest BCUT2D eigenvalue weighted by Gasteiger charge is -2.49. The van der Waals surface area contributed by atoms with Crippen LogP contribution in [0.15, 0.2) is 30.3 Å². The standard InChI is InChI=1S/C19H26O3/c20-17(15-9-3-1-4-10-15)19(22)14-8-5-11-16(19)18(21)12-6-2-7-13-18/h1,3-4,9-10,16,21-22H,2,5-8,11-14H2. The lowest BCUT2D eigenvalue weighted by atomic mass is 9.61. The van der Waals surface area contributed by atoms with E-state index in [4.69, 9.17) is 0 Å². The van der Waals surface area contributed by atoms with Crippen LogP contribution in [0.3, 0.4) is 0 Å². The molecule has 1 aromatic carbocycles. The van der Waals surface area contributed by atoms with Gasteiger partial charge in [-0.05, 0) is 25.7 Å². The number of aliphatic hydroxyl groups is 2. The molecular formula is C19H26O3. The van der Waals surface area contributed by atoms with Gasteiger partial charge in [0.15, 0.2) is 5.78 Å². The van der Waals surface area contributed by atoms with E-state index in [1.165, 1.54) is 0 Å². The summed E-state index contributed by atoms with van der Waals surface area (Å²) in [6.45, 7) is 0. The molecule has 22 heavy (non-hydrogen) atoms. The molecule has 1 aromatic rings. The second kappa shape index (κ2) is 6.13. The largest absolute Gasteiger partial charge is 0.389 e. The summed E-state index contributed by atoms with van der Waals surface area (Å²) in [5.41, 5.74) is -1.74. The number of benzene rings is 1. The minimum atomic E-state index is -1.41. The number of carbonyl (C=O) groups excluding carboxylic acids is 1. The zero-order valence-corrected chi connectivity index (χ0v) is 13.1. The molecule has 3 rings (SSSR count). The van der Waals surface area contributed by atoms with Crippen LogP contribution in [-0.4, -0.2) is 27.2 Å². The van der Waals surface area contributed by atoms with E-state index < -0.39 is 11.2 Å². The summed E-state index contributed by atoms with van der Waals surface area (Å²) in [5, 5.41) is 22.4. The first-order valence-electron chi connectivity index (χ1n) is 8.61. The van der Waals surface area contributed by atoms with E-state index >= 15 is 0 Å². The molecule has 2 aliphatic rings. The van der Waals surface area contributed by atoms with Crippen molar-refractivity contribution >= 4 is 5.78 Å². The second-order valence-electron chi connectivity index (χ2n) is 7.08. The third-order valence-corrected chi connectivity index (χ3v) is 5.67. The van der Waals surface area contributed by atoms with Crippen LogP contribution in [0.2, 0.25) is 0 Å². The summed E-state index contributed by atoms with van der Waals surface area (Å²) in [7, 11) is 0. The molecule has 3 nitrogen and oxygen atoms in total. The quantitative estimate of drug-likeness (QED) is 0.840. The van der Waals surface area contributed by atoms with Crippen molar-refractivity contribution in [3.63, 3.8) is 0 Å². The molecule has 2 unspecified atom stereocenters. The first-order valence-corrected chi connectivity index (χ1v) is 8.61. The van der Waals surface area contributed by atoms with Crippen molar-refractivity contribution in [1.29, 1.82) is 0 Å². The van der Waals surface area contributed by atoms with Crippen LogP contribution in [0.25, 0.3) is 0 Å². The van der Waals surface area contributed by atoms with Crippen LogP contribution >= 0.6 is 0 Å². The van der Waals surface area contributed by atoms with Gasteiger partial charge in [0, 0.05) is 11.5 Å². The molecule has 0 spiro atoms. The van der Waals surface area contributed by atoms with Gasteiger partial charge in [0.2, 0.25) is 0 Å². The molecule has 2 fully saturated rings. The smallest absolute Gasteiger partial charge is 0.194 e. The Labute approximate surface area is 132 Å². The van der Waals surface area contributed by atoms with Crippen LogP contribution in [0.4, 0.5) is 0 Å². The molecule has 0 amide bonds. The Morgan fingerprint density at radius 2 is 1.55 bits per heavy atom. The molecule has 0 aliphatic heterocycles. The van der Waals surface area contributed by atoms with Crippen molar-refractivity contribution in [2.75, 3.05) is 0 Å². The van der Waals surface area contributed by atoms with Gasteiger partial charge in [-0.25, -0.2) is 0 Å². The van der Waals surface area contributed by atoms with Crippen molar-refractivity contribution < 1.29 is 15.0 Å². The maximum atomic E-state index is 13.0. The topological polar surface area (TPSA) is 57.5 Å². The molecule has 0 heterocycles. The Bertz CT molecular complexity index is 519. The molecule has 2 N–H and O–H groups in total. The molecule has 0 radical (unpaired) electrons. The van der Waals surface area contributed by atoms with Crippen molar-refractivity contribution in [3.05, 3.63) is 35.9 Å². The summed E-state index contributed by atoms with van der Waals surface area (Å²) in [6, 6.07) is 9.04.